The molecule has 1 atom stereocenters. The Kier molecular flexibility index (Phi) is 6.11. The largest absolute Gasteiger partial charge is 0.453 e. The molecule has 0 aliphatic heterocycles. The molecule has 2 nitrogen and oxygen atoms in total. The molecule has 0 amide bonds. The second-order valence-corrected chi connectivity index (χ2v) is 5.46. The minimum absolute atomic E-state index is 0.0695. The Morgan fingerprint density at radius 3 is 2.24 bits per heavy atom. The maximum absolute atomic E-state index is 12.8. The fraction of sp³-hybridized carbons (Fsp3) is 0.857. The van der Waals surface area contributed by atoms with Crippen LogP contribution in [-0.2, 0) is 0 Å². The smallest absolute Gasteiger partial charge is 0.297 e. The van der Waals surface area contributed by atoms with E-state index in [1.165, 1.54) is 0 Å². The Balaban J connectivity index is 2.45. The minimum Gasteiger partial charge on any atom is -0.297 e. The Labute approximate surface area is 121 Å². The van der Waals surface area contributed by atoms with E-state index >= 15 is 0 Å². The number of halogens is 5. The first-order valence-corrected chi connectivity index (χ1v) is 7.00. The molecule has 1 fully saturated rings. The number of alkyl halides is 5. The monoisotopic (exact) mass is 310 g/mol. The number of hydrogen-bond donors (Lipinski definition) is 0. The third kappa shape index (κ3) is 4.94. The van der Waals surface area contributed by atoms with Crippen LogP contribution >= 0.6 is 0 Å². The average molecular weight is 310 g/mol. The lowest BCUT2D eigenvalue weighted by molar-refractivity contribution is -0.284. The molecule has 1 rings (SSSR count). The van der Waals surface area contributed by atoms with Crippen molar-refractivity contribution >= 4 is 5.71 Å². The number of rotatable bonds is 5. The van der Waals surface area contributed by atoms with Crippen molar-refractivity contribution in [2.45, 2.75) is 57.0 Å². The molecule has 7 heteroatoms. The first kappa shape index (κ1) is 17.9. The summed E-state index contributed by atoms with van der Waals surface area (Å²) in [4.78, 5) is 4.10. The molecule has 1 aliphatic carbocycles. The lowest BCUT2D eigenvalue weighted by Gasteiger charge is -2.27. The highest BCUT2D eigenvalue weighted by Crippen LogP contribution is 2.40. The van der Waals surface area contributed by atoms with Crippen molar-refractivity contribution in [3.63, 3.8) is 0 Å². The highest BCUT2D eigenvalue weighted by molar-refractivity contribution is 5.84. The van der Waals surface area contributed by atoms with Gasteiger partial charge in [-0.15, -0.1) is 0 Å². The van der Waals surface area contributed by atoms with Crippen molar-refractivity contribution in [1.29, 1.82) is 5.26 Å². The van der Waals surface area contributed by atoms with E-state index in [4.69, 9.17) is 5.26 Å². The van der Waals surface area contributed by atoms with Crippen molar-refractivity contribution < 1.29 is 22.0 Å². The Hall–Kier alpha value is -1.19. The molecule has 0 bridgehead atoms. The van der Waals surface area contributed by atoms with Gasteiger partial charge in [0.2, 0.25) is 0 Å². The predicted octanol–water partition coefficient (Wildman–Crippen LogP) is 4.76. The molecular weight excluding hydrogens is 291 g/mol. The van der Waals surface area contributed by atoms with Crippen molar-refractivity contribution in [1.82, 2.24) is 0 Å². The van der Waals surface area contributed by atoms with E-state index < -0.39 is 24.4 Å². The Morgan fingerprint density at radius 1 is 1.24 bits per heavy atom. The lowest BCUT2D eigenvalue weighted by atomic mass is 9.78. The standard InChI is InChI=1S/C14H19F5N2/c1-21-12-6-4-10(5-7-12)11(9-20)3-2-8-13(15,16)14(17,18)19/h10-11H,2-8H2,1H3. The lowest BCUT2D eigenvalue weighted by Crippen LogP contribution is -2.36. The van der Waals surface area contributed by atoms with Crippen LogP contribution in [0.5, 0.6) is 0 Å². The number of nitriles is 1. The summed E-state index contributed by atoms with van der Waals surface area (Å²) in [6.07, 6.45) is -3.91. The average Bonchev–Trinajstić information content (AvgIpc) is 2.42. The maximum atomic E-state index is 12.8. The summed E-state index contributed by atoms with van der Waals surface area (Å²) in [5, 5.41) is 9.10. The summed E-state index contributed by atoms with van der Waals surface area (Å²) in [5.74, 6) is -5.05. The van der Waals surface area contributed by atoms with Gasteiger partial charge in [-0.25, -0.2) is 0 Å². The van der Waals surface area contributed by atoms with Crippen LogP contribution < -0.4 is 0 Å². The summed E-state index contributed by atoms with van der Waals surface area (Å²) in [5.41, 5.74) is 1.08. The Bertz CT molecular complexity index is 399. The molecule has 0 aromatic heterocycles. The van der Waals surface area contributed by atoms with Crippen LogP contribution in [0.15, 0.2) is 4.99 Å². The quantitative estimate of drug-likeness (QED) is 0.675. The van der Waals surface area contributed by atoms with E-state index in [-0.39, 0.29) is 18.8 Å². The van der Waals surface area contributed by atoms with E-state index in [1.807, 2.05) is 0 Å². The van der Waals surface area contributed by atoms with E-state index in [0.717, 1.165) is 31.4 Å². The summed E-state index contributed by atoms with van der Waals surface area (Å²) in [7, 11) is 1.71. The zero-order valence-corrected chi connectivity index (χ0v) is 11.9. The van der Waals surface area contributed by atoms with Crippen LogP contribution in [0.25, 0.3) is 0 Å². The van der Waals surface area contributed by atoms with Gasteiger partial charge in [0.15, 0.2) is 0 Å². The molecule has 0 aromatic rings. The van der Waals surface area contributed by atoms with Crippen molar-refractivity contribution in [2.24, 2.45) is 16.8 Å². The van der Waals surface area contributed by atoms with Crippen LogP contribution in [0.3, 0.4) is 0 Å². The predicted molar refractivity (Wildman–Crippen MR) is 69.3 cm³/mol. The normalized spacial score (nSPS) is 21.8. The molecule has 0 aromatic carbocycles. The van der Waals surface area contributed by atoms with Gasteiger partial charge in [0, 0.05) is 25.1 Å². The second kappa shape index (κ2) is 7.19. The molecule has 1 saturated carbocycles. The third-order valence-electron chi connectivity index (χ3n) is 4.08. The zero-order valence-electron chi connectivity index (χ0n) is 11.9. The van der Waals surface area contributed by atoms with Gasteiger partial charge in [0.25, 0.3) is 0 Å². The van der Waals surface area contributed by atoms with Crippen LogP contribution in [0.1, 0.15) is 44.9 Å². The van der Waals surface area contributed by atoms with Gasteiger partial charge in [-0.3, -0.25) is 4.99 Å². The van der Waals surface area contributed by atoms with Crippen LogP contribution in [0, 0.1) is 23.2 Å². The molecule has 0 spiro atoms. The molecule has 120 valence electrons. The SMILES string of the molecule is CN=C1CCC(C(C#N)CCCC(F)(F)C(F)(F)F)CC1. The summed E-state index contributed by atoms with van der Waals surface area (Å²) in [6, 6.07) is 2.06. The summed E-state index contributed by atoms with van der Waals surface area (Å²) < 4.78 is 61.7. The van der Waals surface area contributed by atoms with Gasteiger partial charge in [-0.1, -0.05) is 0 Å². The number of nitrogens with zero attached hydrogens (tertiary/aromatic N) is 2. The van der Waals surface area contributed by atoms with Gasteiger partial charge < -0.3 is 0 Å². The minimum atomic E-state index is -5.51. The van der Waals surface area contributed by atoms with E-state index in [0.29, 0.717) is 0 Å². The summed E-state index contributed by atoms with van der Waals surface area (Å²) in [6.45, 7) is 0. The summed E-state index contributed by atoms with van der Waals surface area (Å²) >= 11 is 0. The number of aliphatic imine (C=N–C) groups is 1. The van der Waals surface area contributed by atoms with Crippen LogP contribution in [-0.4, -0.2) is 24.9 Å². The van der Waals surface area contributed by atoms with Gasteiger partial charge in [-0.05, 0) is 44.4 Å². The van der Waals surface area contributed by atoms with Gasteiger partial charge >= 0.3 is 12.1 Å². The topological polar surface area (TPSA) is 36.1 Å². The van der Waals surface area contributed by atoms with Crippen LogP contribution in [0.2, 0.25) is 0 Å². The molecule has 1 unspecified atom stereocenters. The Morgan fingerprint density at radius 2 is 1.81 bits per heavy atom. The van der Waals surface area contributed by atoms with Gasteiger partial charge in [-0.2, -0.15) is 27.2 Å². The van der Waals surface area contributed by atoms with E-state index in [1.54, 1.807) is 7.05 Å². The van der Waals surface area contributed by atoms with Crippen molar-refractivity contribution in [3.8, 4) is 6.07 Å². The van der Waals surface area contributed by atoms with Gasteiger partial charge in [0.1, 0.15) is 0 Å². The van der Waals surface area contributed by atoms with Crippen LogP contribution in [0.4, 0.5) is 22.0 Å². The van der Waals surface area contributed by atoms with E-state index in [9.17, 15) is 22.0 Å². The molecule has 0 radical (unpaired) electrons. The highest BCUT2D eigenvalue weighted by Gasteiger charge is 2.56. The molecular formula is C14H19F5N2. The first-order valence-electron chi connectivity index (χ1n) is 7.00. The molecule has 0 saturated heterocycles. The fourth-order valence-corrected chi connectivity index (χ4v) is 2.69. The third-order valence-corrected chi connectivity index (χ3v) is 4.08. The van der Waals surface area contributed by atoms with Crippen molar-refractivity contribution in [3.05, 3.63) is 0 Å². The fourth-order valence-electron chi connectivity index (χ4n) is 2.69. The first-order chi connectivity index (χ1) is 9.71. The molecule has 21 heavy (non-hydrogen) atoms. The number of hydrogen-bond acceptors (Lipinski definition) is 2. The second-order valence-electron chi connectivity index (χ2n) is 5.46. The highest BCUT2D eigenvalue weighted by atomic mass is 19.4. The maximum Gasteiger partial charge on any atom is 0.453 e. The molecule has 0 N–H and O–H groups in total. The molecule has 1 aliphatic rings. The van der Waals surface area contributed by atoms with E-state index in [2.05, 4.69) is 11.1 Å². The zero-order chi connectivity index (χ0) is 16.1. The molecule has 0 heterocycles. The van der Waals surface area contributed by atoms with Gasteiger partial charge in [0.05, 0.1) is 6.07 Å². The van der Waals surface area contributed by atoms with Crippen molar-refractivity contribution in [2.75, 3.05) is 7.05 Å².